The van der Waals surface area contributed by atoms with Gasteiger partial charge in [0, 0.05) is 32.5 Å². The second-order valence-corrected chi connectivity index (χ2v) is 9.26. The Balaban J connectivity index is 1.57. The van der Waals surface area contributed by atoms with Crippen molar-refractivity contribution >= 4 is 39.5 Å². The maximum Gasteiger partial charge on any atom is 0.508 e. The Morgan fingerprint density at radius 2 is 1.86 bits per heavy atom. The number of nitrogens with zero attached hydrogens (tertiary/aromatic N) is 3. The third kappa shape index (κ3) is 6.27. The zero-order valence-electron chi connectivity index (χ0n) is 20.6. The molecule has 0 spiro atoms. The van der Waals surface area contributed by atoms with Crippen LogP contribution < -0.4 is 19.7 Å². The summed E-state index contributed by atoms with van der Waals surface area (Å²) in [7, 11) is 3.07. The number of anilines is 2. The van der Waals surface area contributed by atoms with Gasteiger partial charge in [-0.25, -0.2) is 9.78 Å². The number of methoxy groups -OCH3 is 2. The first kappa shape index (κ1) is 26.6. The molecule has 4 rings (SSSR count). The SMILES string of the molecule is CCOC(=O)OC1CCN(c2nc(NCc3ccc(OC)c(OC)c3)c3cc(C(F)(F)F)sc3n2)CC1. The highest BCUT2D eigenvalue weighted by atomic mass is 32.1. The molecule has 0 bridgehead atoms. The van der Waals surface area contributed by atoms with Crippen molar-refractivity contribution in [3.63, 3.8) is 0 Å². The third-order valence-electron chi connectivity index (χ3n) is 5.82. The Kier molecular flexibility index (Phi) is 8.10. The fourth-order valence-electron chi connectivity index (χ4n) is 3.96. The molecule has 1 fully saturated rings. The second-order valence-electron chi connectivity index (χ2n) is 8.23. The van der Waals surface area contributed by atoms with E-state index in [1.54, 1.807) is 19.1 Å². The molecule has 13 heteroatoms. The molecule has 200 valence electrons. The van der Waals surface area contributed by atoms with Crippen LogP contribution in [0.4, 0.5) is 29.7 Å². The quantitative estimate of drug-likeness (QED) is 0.373. The minimum atomic E-state index is -4.49. The highest BCUT2D eigenvalue weighted by Gasteiger charge is 2.34. The number of carbonyl (C=O) groups is 1. The summed E-state index contributed by atoms with van der Waals surface area (Å²) in [6, 6.07) is 6.44. The molecule has 0 radical (unpaired) electrons. The molecule has 1 N–H and O–H groups in total. The van der Waals surface area contributed by atoms with Crippen molar-refractivity contribution in [3.8, 4) is 11.5 Å². The van der Waals surface area contributed by atoms with Crippen LogP contribution in [-0.4, -0.2) is 56.1 Å². The number of carbonyl (C=O) groups excluding carboxylic acids is 1. The first-order valence-electron chi connectivity index (χ1n) is 11.6. The zero-order valence-corrected chi connectivity index (χ0v) is 21.4. The number of aromatic nitrogens is 2. The molecule has 37 heavy (non-hydrogen) atoms. The summed E-state index contributed by atoms with van der Waals surface area (Å²) in [5.74, 6) is 1.72. The normalized spacial score (nSPS) is 14.5. The van der Waals surface area contributed by atoms with Gasteiger partial charge < -0.3 is 29.2 Å². The molecular weight excluding hydrogens is 513 g/mol. The lowest BCUT2D eigenvalue weighted by atomic mass is 10.1. The van der Waals surface area contributed by atoms with Crippen molar-refractivity contribution < 1.29 is 36.9 Å². The van der Waals surface area contributed by atoms with Crippen LogP contribution in [0.2, 0.25) is 0 Å². The van der Waals surface area contributed by atoms with Gasteiger partial charge in [0.05, 0.1) is 26.2 Å². The third-order valence-corrected chi connectivity index (χ3v) is 6.89. The van der Waals surface area contributed by atoms with Crippen molar-refractivity contribution in [2.45, 2.75) is 38.6 Å². The van der Waals surface area contributed by atoms with Gasteiger partial charge in [-0.3, -0.25) is 0 Å². The fraction of sp³-hybridized carbons (Fsp3) is 0.458. The highest BCUT2D eigenvalue weighted by Crippen LogP contribution is 2.40. The van der Waals surface area contributed by atoms with Crippen LogP contribution in [0.25, 0.3) is 10.2 Å². The smallest absolute Gasteiger partial charge is 0.493 e. The van der Waals surface area contributed by atoms with E-state index in [9.17, 15) is 18.0 Å². The van der Waals surface area contributed by atoms with Gasteiger partial charge >= 0.3 is 12.3 Å². The number of hydrogen-bond acceptors (Lipinski definition) is 10. The van der Waals surface area contributed by atoms with E-state index in [4.69, 9.17) is 18.9 Å². The molecule has 3 heterocycles. The molecule has 0 unspecified atom stereocenters. The van der Waals surface area contributed by atoms with E-state index < -0.39 is 17.2 Å². The number of thiophene rings is 1. The Bertz CT molecular complexity index is 1250. The minimum Gasteiger partial charge on any atom is -0.493 e. The number of benzene rings is 1. The van der Waals surface area contributed by atoms with Gasteiger partial charge in [-0.05, 0) is 30.7 Å². The number of hydrogen-bond donors (Lipinski definition) is 1. The molecule has 3 aromatic rings. The van der Waals surface area contributed by atoms with Crippen molar-refractivity contribution in [1.82, 2.24) is 9.97 Å². The summed E-state index contributed by atoms with van der Waals surface area (Å²) in [4.78, 5) is 22.0. The van der Waals surface area contributed by atoms with Gasteiger partial charge in [0.15, 0.2) is 11.5 Å². The molecule has 1 aliphatic rings. The molecule has 1 aliphatic heterocycles. The lowest BCUT2D eigenvalue weighted by Gasteiger charge is -2.31. The first-order valence-corrected chi connectivity index (χ1v) is 12.4. The van der Waals surface area contributed by atoms with Crippen molar-refractivity contribution in [3.05, 3.63) is 34.7 Å². The van der Waals surface area contributed by atoms with Gasteiger partial charge in [-0.2, -0.15) is 18.2 Å². The van der Waals surface area contributed by atoms with Gasteiger partial charge in [0.1, 0.15) is 21.6 Å². The number of alkyl halides is 3. The van der Waals surface area contributed by atoms with Gasteiger partial charge in [-0.1, -0.05) is 6.07 Å². The number of fused-ring (bicyclic) bond motifs is 1. The molecular formula is C24H27F3N4O5S. The minimum absolute atomic E-state index is 0.228. The van der Waals surface area contributed by atoms with Gasteiger partial charge in [0.2, 0.25) is 5.95 Å². The Morgan fingerprint density at radius 3 is 2.51 bits per heavy atom. The molecule has 0 saturated carbocycles. The number of rotatable bonds is 8. The number of nitrogens with one attached hydrogen (secondary N) is 1. The number of ether oxygens (including phenoxy) is 4. The van der Waals surface area contributed by atoms with Gasteiger partial charge in [0.25, 0.3) is 0 Å². The van der Waals surface area contributed by atoms with E-state index >= 15 is 0 Å². The predicted molar refractivity (Wildman–Crippen MR) is 133 cm³/mol. The standard InChI is InChI=1S/C24H27F3N4O5S/c1-4-35-23(32)36-15-7-9-31(10-8-15)22-29-20(16-12-19(24(25,26)27)37-21(16)30-22)28-13-14-5-6-17(33-2)18(11-14)34-3/h5-6,11-12,15H,4,7-10,13H2,1-3H3,(H,28,29,30). The Morgan fingerprint density at radius 1 is 1.14 bits per heavy atom. The maximum absolute atomic E-state index is 13.5. The lowest BCUT2D eigenvalue weighted by Crippen LogP contribution is -2.39. The van der Waals surface area contributed by atoms with E-state index in [0.717, 1.165) is 11.6 Å². The van der Waals surface area contributed by atoms with Crippen molar-refractivity contribution in [2.24, 2.45) is 0 Å². The van der Waals surface area contributed by atoms with Crippen LogP contribution in [0.15, 0.2) is 24.3 Å². The van der Waals surface area contributed by atoms with Crippen molar-refractivity contribution in [1.29, 1.82) is 0 Å². The van der Waals surface area contributed by atoms with E-state index in [1.807, 2.05) is 11.0 Å². The average Bonchev–Trinajstić information content (AvgIpc) is 3.33. The second kappa shape index (κ2) is 11.3. The van der Waals surface area contributed by atoms with Crippen LogP contribution in [-0.2, 0) is 22.2 Å². The largest absolute Gasteiger partial charge is 0.508 e. The zero-order chi connectivity index (χ0) is 26.6. The molecule has 2 aromatic heterocycles. The fourth-order valence-corrected chi connectivity index (χ4v) is 4.86. The van der Waals surface area contributed by atoms with E-state index in [0.29, 0.717) is 72.5 Å². The van der Waals surface area contributed by atoms with Crippen LogP contribution in [0.5, 0.6) is 11.5 Å². The predicted octanol–water partition coefficient (Wildman–Crippen LogP) is 5.48. The highest BCUT2D eigenvalue weighted by molar-refractivity contribution is 7.18. The van der Waals surface area contributed by atoms with Crippen LogP contribution >= 0.6 is 11.3 Å². The summed E-state index contributed by atoms with van der Waals surface area (Å²) in [6.07, 6.45) is -4.46. The van der Waals surface area contributed by atoms with Crippen LogP contribution in [0, 0.1) is 0 Å². The Labute approximate surface area is 215 Å². The summed E-state index contributed by atoms with van der Waals surface area (Å²) in [6.45, 7) is 3.16. The monoisotopic (exact) mass is 540 g/mol. The van der Waals surface area contributed by atoms with Crippen LogP contribution in [0.1, 0.15) is 30.2 Å². The van der Waals surface area contributed by atoms with Crippen molar-refractivity contribution in [2.75, 3.05) is 44.1 Å². The van der Waals surface area contributed by atoms with Crippen LogP contribution in [0.3, 0.4) is 0 Å². The molecule has 9 nitrogen and oxygen atoms in total. The summed E-state index contributed by atoms with van der Waals surface area (Å²) >= 11 is 0.578. The van der Waals surface area contributed by atoms with E-state index in [-0.39, 0.29) is 17.5 Å². The summed E-state index contributed by atoms with van der Waals surface area (Å²) in [5.41, 5.74) is 0.828. The topological polar surface area (TPSA) is 95.0 Å². The number of halogens is 3. The Hall–Kier alpha value is -3.48. The molecule has 0 atom stereocenters. The van der Waals surface area contributed by atoms with Gasteiger partial charge in [-0.15, -0.1) is 11.3 Å². The maximum atomic E-state index is 13.5. The molecule has 0 amide bonds. The van der Waals surface area contributed by atoms with E-state index in [1.165, 1.54) is 14.2 Å². The molecule has 0 aliphatic carbocycles. The molecule has 1 aromatic carbocycles. The number of piperidine rings is 1. The summed E-state index contributed by atoms with van der Waals surface area (Å²) in [5, 5.41) is 3.46. The summed E-state index contributed by atoms with van der Waals surface area (Å²) < 4.78 is 61.1. The average molecular weight is 541 g/mol. The molecule has 1 saturated heterocycles. The van der Waals surface area contributed by atoms with E-state index in [2.05, 4.69) is 15.3 Å². The lowest BCUT2D eigenvalue weighted by molar-refractivity contribution is -0.134. The first-order chi connectivity index (χ1) is 17.7.